The minimum atomic E-state index is -0.475. The van der Waals surface area contributed by atoms with Gasteiger partial charge in [0, 0.05) is 5.69 Å². The molecule has 0 bridgehead atoms. The second-order valence-electron chi connectivity index (χ2n) is 2.66. The highest BCUT2D eigenvalue weighted by atomic mass is 35.5. The van der Waals surface area contributed by atoms with Gasteiger partial charge in [-0.2, -0.15) is 5.26 Å². The molecule has 0 fully saturated rings. The summed E-state index contributed by atoms with van der Waals surface area (Å²) < 4.78 is 1.89. The third-order valence-electron chi connectivity index (χ3n) is 1.84. The Balaban J connectivity index is 2.77. The number of imidazole rings is 1. The summed E-state index contributed by atoms with van der Waals surface area (Å²) in [4.78, 5) is 4.10. The van der Waals surface area contributed by atoms with Gasteiger partial charge in [0.25, 0.3) is 0 Å². The van der Waals surface area contributed by atoms with Crippen LogP contribution in [0, 0.1) is 25.2 Å². The van der Waals surface area contributed by atoms with Gasteiger partial charge in [-0.15, -0.1) is 11.6 Å². The van der Waals surface area contributed by atoms with Crippen molar-refractivity contribution in [2.45, 2.75) is 25.8 Å². The van der Waals surface area contributed by atoms with Crippen molar-refractivity contribution in [2.75, 3.05) is 0 Å². The lowest BCUT2D eigenvalue weighted by Crippen LogP contribution is -2.08. The molecule has 1 aromatic heterocycles. The molecule has 1 atom stereocenters. The first-order valence-electron chi connectivity index (χ1n) is 3.67. The van der Waals surface area contributed by atoms with Gasteiger partial charge < -0.3 is 4.57 Å². The summed E-state index contributed by atoms with van der Waals surface area (Å²) in [5.41, 5.74) is 2.05. The number of hydrogen-bond donors (Lipinski definition) is 0. The Labute approximate surface area is 76.6 Å². The molecule has 0 spiro atoms. The van der Waals surface area contributed by atoms with Crippen molar-refractivity contribution < 1.29 is 0 Å². The van der Waals surface area contributed by atoms with Gasteiger partial charge in [0.15, 0.2) is 0 Å². The number of nitrogens with zero attached hydrogens (tertiary/aromatic N) is 3. The van der Waals surface area contributed by atoms with E-state index in [9.17, 15) is 0 Å². The van der Waals surface area contributed by atoms with E-state index < -0.39 is 5.38 Å². The number of aromatic nitrogens is 2. The van der Waals surface area contributed by atoms with Crippen LogP contribution in [0.4, 0.5) is 0 Å². The van der Waals surface area contributed by atoms with E-state index in [1.54, 1.807) is 6.33 Å². The van der Waals surface area contributed by atoms with Crippen molar-refractivity contribution in [2.24, 2.45) is 0 Å². The van der Waals surface area contributed by atoms with Crippen molar-refractivity contribution in [3.63, 3.8) is 0 Å². The molecular formula is C8H10ClN3. The maximum absolute atomic E-state index is 8.48. The number of rotatable bonds is 2. The van der Waals surface area contributed by atoms with Crippen LogP contribution < -0.4 is 0 Å². The van der Waals surface area contributed by atoms with Gasteiger partial charge in [-0.3, -0.25) is 0 Å². The Bertz CT molecular complexity index is 311. The number of halogens is 1. The smallest absolute Gasteiger partial charge is 0.138 e. The molecule has 1 heterocycles. The van der Waals surface area contributed by atoms with Crippen molar-refractivity contribution in [1.29, 1.82) is 5.26 Å². The third kappa shape index (κ3) is 1.77. The summed E-state index contributed by atoms with van der Waals surface area (Å²) in [6.45, 7) is 4.40. The van der Waals surface area contributed by atoms with E-state index >= 15 is 0 Å². The first kappa shape index (κ1) is 9.08. The van der Waals surface area contributed by atoms with E-state index in [1.165, 1.54) is 0 Å². The van der Waals surface area contributed by atoms with E-state index in [2.05, 4.69) is 4.98 Å². The lowest BCUT2D eigenvalue weighted by molar-refractivity contribution is 0.699. The lowest BCUT2D eigenvalue weighted by atomic mass is 10.3. The Morgan fingerprint density at radius 3 is 2.83 bits per heavy atom. The van der Waals surface area contributed by atoms with Crippen LogP contribution in [0.5, 0.6) is 0 Å². The van der Waals surface area contributed by atoms with Crippen LogP contribution in [0.15, 0.2) is 6.33 Å². The van der Waals surface area contributed by atoms with Gasteiger partial charge in [0.05, 0.1) is 24.6 Å². The summed E-state index contributed by atoms with van der Waals surface area (Å²) in [7, 11) is 0. The highest BCUT2D eigenvalue weighted by Crippen LogP contribution is 2.07. The fraction of sp³-hybridized carbons (Fsp3) is 0.500. The zero-order chi connectivity index (χ0) is 9.14. The van der Waals surface area contributed by atoms with Gasteiger partial charge in [-0.05, 0) is 13.8 Å². The highest BCUT2D eigenvalue weighted by Gasteiger charge is 2.06. The predicted molar refractivity (Wildman–Crippen MR) is 47.0 cm³/mol. The fourth-order valence-corrected chi connectivity index (χ4v) is 1.09. The summed E-state index contributed by atoms with van der Waals surface area (Å²) in [5.74, 6) is 0. The van der Waals surface area contributed by atoms with E-state index in [0.717, 1.165) is 11.4 Å². The van der Waals surface area contributed by atoms with Crippen LogP contribution in [0.25, 0.3) is 0 Å². The molecular weight excluding hydrogens is 174 g/mol. The molecule has 3 nitrogen and oxygen atoms in total. The van der Waals surface area contributed by atoms with Crippen LogP contribution in [-0.2, 0) is 6.54 Å². The average Bonchev–Trinajstić information content (AvgIpc) is 2.36. The quantitative estimate of drug-likeness (QED) is 0.654. The molecule has 0 aliphatic rings. The van der Waals surface area contributed by atoms with Gasteiger partial charge >= 0.3 is 0 Å². The molecule has 1 aromatic rings. The second kappa shape index (κ2) is 3.59. The molecule has 64 valence electrons. The minimum Gasteiger partial charge on any atom is -0.332 e. The normalized spacial score (nSPS) is 12.5. The van der Waals surface area contributed by atoms with Crippen LogP contribution >= 0.6 is 11.6 Å². The van der Waals surface area contributed by atoms with Gasteiger partial charge in [-0.1, -0.05) is 0 Å². The van der Waals surface area contributed by atoms with Crippen LogP contribution in [0.3, 0.4) is 0 Å². The van der Waals surface area contributed by atoms with Crippen molar-refractivity contribution in [3.05, 3.63) is 17.7 Å². The van der Waals surface area contributed by atoms with Crippen LogP contribution in [-0.4, -0.2) is 14.9 Å². The van der Waals surface area contributed by atoms with E-state index in [4.69, 9.17) is 16.9 Å². The maximum Gasteiger partial charge on any atom is 0.138 e. The zero-order valence-corrected chi connectivity index (χ0v) is 7.84. The summed E-state index contributed by atoms with van der Waals surface area (Å²) in [6, 6.07) is 1.97. The van der Waals surface area contributed by atoms with Crippen molar-refractivity contribution in [3.8, 4) is 6.07 Å². The molecule has 0 N–H and O–H groups in total. The van der Waals surface area contributed by atoms with Crippen molar-refractivity contribution >= 4 is 11.6 Å². The predicted octanol–water partition coefficient (Wildman–Crippen LogP) is 1.63. The first-order valence-corrected chi connectivity index (χ1v) is 4.11. The Morgan fingerprint density at radius 2 is 2.42 bits per heavy atom. The van der Waals surface area contributed by atoms with Gasteiger partial charge in [-0.25, -0.2) is 4.98 Å². The first-order chi connectivity index (χ1) is 5.65. The topological polar surface area (TPSA) is 41.6 Å². The Kier molecular flexibility index (Phi) is 2.72. The number of aryl methyl sites for hydroxylation is 1. The fourth-order valence-electron chi connectivity index (χ4n) is 0.942. The summed E-state index contributed by atoms with van der Waals surface area (Å²) in [6.07, 6.45) is 1.71. The highest BCUT2D eigenvalue weighted by molar-refractivity contribution is 6.22. The Morgan fingerprint density at radius 1 is 1.75 bits per heavy atom. The number of hydrogen-bond acceptors (Lipinski definition) is 2. The van der Waals surface area contributed by atoms with E-state index in [1.807, 2.05) is 24.5 Å². The third-order valence-corrected chi connectivity index (χ3v) is 2.08. The molecule has 0 amide bonds. The molecule has 0 aliphatic carbocycles. The zero-order valence-electron chi connectivity index (χ0n) is 7.08. The van der Waals surface area contributed by atoms with E-state index in [-0.39, 0.29) is 0 Å². The number of nitriles is 1. The van der Waals surface area contributed by atoms with Crippen molar-refractivity contribution in [1.82, 2.24) is 9.55 Å². The molecule has 0 saturated carbocycles. The van der Waals surface area contributed by atoms with Gasteiger partial charge in [0.1, 0.15) is 5.38 Å². The maximum atomic E-state index is 8.48. The molecule has 1 unspecified atom stereocenters. The molecule has 0 aliphatic heterocycles. The van der Waals surface area contributed by atoms with E-state index in [0.29, 0.717) is 6.54 Å². The summed E-state index contributed by atoms with van der Waals surface area (Å²) in [5, 5.41) is 8.00. The standard InChI is InChI=1S/C8H10ClN3/c1-6-7(2)12(5-11-6)4-8(9)3-10/h5,8H,4H2,1-2H3. The molecule has 0 saturated heterocycles. The molecule has 1 rings (SSSR count). The summed E-state index contributed by atoms with van der Waals surface area (Å²) >= 11 is 5.67. The minimum absolute atomic E-state index is 0.475. The SMILES string of the molecule is Cc1ncn(CC(Cl)C#N)c1C. The largest absolute Gasteiger partial charge is 0.332 e. The van der Waals surface area contributed by atoms with Gasteiger partial charge in [0.2, 0.25) is 0 Å². The molecule has 12 heavy (non-hydrogen) atoms. The number of alkyl halides is 1. The molecule has 0 aromatic carbocycles. The average molecular weight is 184 g/mol. The molecule has 4 heteroatoms. The molecule has 0 radical (unpaired) electrons. The lowest BCUT2D eigenvalue weighted by Gasteiger charge is -2.04. The van der Waals surface area contributed by atoms with Crippen LogP contribution in [0.1, 0.15) is 11.4 Å². The van der Waals surface area contributed by atoms with Crippen LogP contribution in [0.2, 0.25) is 0 Å². The monoisotopic (exact) mass is 183 g/mol. The second-order valence-corrected chi connectivity index (χ2v) is 3.19. The Hall–Kier alpha value is -1.01.